The van der Waals surface area contributed by atoms with Crippen molar-refractivity contribution in [2.75, 3.05) is 37.0 Å². The van der Waals surface area contributed by atoms with Crippen molar-refractivity contribution in [3.63, 3.8) is 0 Å². The third kappa shape index (κ3) is 22.6. The first-order valence-corrected chi connectivity index (χ1v) is 40.2. The van der Waals surface area contributed by atoms with Crippen LogP contribution in [0.3, 0.4) is 0 Å². The summed E-state index contributed by atoms with van der Waals surface area (Å²) in [6.45, 7) is 9.50. The zero-order valence-electron chi connectivity index (χ0n) is 50.4. The van der Waals surface area contributed by atoms with E-state index >= 15 is 0 Å². The van der Waals surface area contributed by atoms with Crippen molar-refractivity contribution in [1.29, 1.82) is 10.5 Å². The predicted molar refractivity (Wildman–Crippen MR) is 402 cm³/mol. The summed E-state index contributed by atoms with van der Waals surface area (Å²) in [6.07, 6.45) is 7.56. The number of rotatable bonds is 21. The van der Waals surface area contributed by atoms with Crippen LogP contribution in [0.25, 0.3) is 0 Å². The summed E-state index contributed by atoms with van der Waals surface area (Å²) in [4.78, 5) is 0. The Balaban J connectivity index is 0.000000207. The minimum Gasteiger partial charge on any atom is -0.512 e. The zero-order chi connectivity index (χ0) is 61.1. The molecule has 0 aromatic heterocycles. The van der Waals surface area contributed by atoms with Crippen LogP contribution < -0.4 is 63.7 Å². The van der Waals surface area contributed by atoms with Gasteiger partial charge in [-0.2, -0.15) is 0 Å². The number of hydrogen-bond acceptors (Lipinski definition) is 2. The number of nitrogens with zero attached hydrogens (tertiary/aromatic N) is 2. The fraction of sp³-hybridized carbons (Fsp3) is 0.0750. The van der Waals surface area contributed by atoms with Gasteiger partial charge in [0.05, 0.1) is 111 Å². The largest absolute Gasteiger partial charge is 1.00 e. The zero-order valence-corrected chi connectivity index (χ0v) is 58.3. The second-order valence-corrected chi connectivity index (χ2v) is 36.4. The fourth-order valence-electron chi connectivity index (χ4n) is 11.2. The van der Waals surface area contributed by atoms with Crippen LogP contribution in [0.1, 0.15) is 0 Å². The molecule has 0 aliphatic carbocycles. The minimum atomic E-state index is -0.783. The summed E-state index contributed by atoms with van der Waals surface area (Å²) < 4.78 is 0. The molecule has 0 aliphatic heterocycles. The van der Waals surface area contributed by atoms with E-state index in [1.54, 1.807) is 0 Å². The van der Waals surface area contributed by atoms with Crippen molar-refractivity contribution in [1.82, 2.24) is 0 Å². The first-order valence-electron chi connectivity index (χ1n) is 30.0. The van der Waals surface area contributed by atoms with Gasteiger partial charge < -0.3 is 23.7 Å². The Hall–Kier alpha value is -6.76. The van der Waals surface area contributed by atoms with Crippen LogP contribution in [-0.2, 0) is 34.1 Å². The first kappa shape index (κ1) is 72.3. The Labute approximate surface area is 565 Å². The molecule has 0 radical (unpaired) electrons. The monoisotopic (exact) mass is 1380 g/mol. The van der Waals surface area contributed by atoms with Crippen molar-refractivity contribution in [2.24, 2.45) is 0 Å². The van der Waals surface area contributed by atoms with Crippen LogP contribution in [0.15, 0.2) is 364 Å². The van der Waals surface area contributed by atoms with Gasteiger partial charge in [0.2, 0.25) is 0 Å². The molecule has 454 valence electrons. The molecule has 0 saturated carbocycles. The predicted octanol–water partition coefficient (Wildman–Crippen LogP) is 14.3. The molecule has 0 unspecified atom stereocenters. The second kappa shape index (κ2) is 42.3. The van der Waals surface area contributed by atoms with Crippen molar-refractivity contribution < 1.29 is 34.1 Å². The number of benzene rings is 12. The average Bonchev–Trinajstić information content (AvgIpc) is 2.43. The molecule has 0 heterocycles. The second-order valence-electron chi connectivity index (χ2n) is 20.8. The summed E-state index contributed by atoms with van der Waals surface area (Å²) >= 11 is 0. The summed E-state index contributed by atoms with van der Waals surface area (Å²) in [5, 5.41) is 30.7. The van der Waals surface area contributed by atoms with E-state index in [-0.39, 0.29) is 34.1 Å². The quantitative estimate of drug-likeness (QED) is 0.0409. The van der Waals surface area contributed by atoms with E-state index in [1.165, 1.54) is 101 Å². The van der Waals surface area contributed by atoms with E-state index in [9.17, 15) is 0 Å². The maximum atomic E-state index is 6.25. The summed E-state index contributed by atoms with van der Waals surface area (Å²) in [5.74, 6) is 0. The van der Waals surface area contributed by atoms with E-state index in [0.717, 1.165) is 0 Å². The molecule has 0 fully saturated rings. The van der Waals surface area contributed by atoms with E-state index < -0.39 is 47.5 Å². The van der Waals surface area contributed by atoms with Crippen molar-refractivity contribution in [3.05, 3.63) is 377 Å². The van der Waals surface area contributed by atoms with E-state index in [1.807, 2.05) is 0 Å². The molecular weight excluding hydrogens is 1300 g/mol. The molecule has 0 amide bonds. The van der Waals surface area contributed by atoms with Crippen molar-refractivity contribution >= 4 is 111 Å². The molecule has 0 bridgehead atoms. The van der Waals surface area contributed by atoms with Gasteiger partial charge in [0.15, 0.2) is 0 Å². The Bertz CT molecular complexity index is 2900. The molecule has 0 spiro atoms. The molecule has 0 N–H and O–H groups in total. The van der Waals surface area contributed by atoms with Crippen LogP contribution in [0.5, 0.6) is 0 Å². The SMILES string of the molecule is [C-]#N.[C-]#N.[Cu+].[Cu+].c1ccc([PH+](CC[PH+](c2ccccc2)c2ccccc2)c2ccccc2)cc1.c1ccc([PH+](CC[PH+](c2ccccc2)c2ccccc2)c2ccccc2)cc1.c1ccc([PH+](CC[PH+](c2ccccc2)c2ccccc2)c2ccccc2)cc1. The Morgan fingerprint density at radius 3 is 0.278 bits per heavy atom. The third-order valence-corrected chi connectivity index (χ3v) is 33.7. The first-order chi connectivity index (χ1) is 43.7. The minimum absolute atomic E-state index is 0. The van der Waals surface area contributed by atoms with Gasteiger partial charge >= 0.3 is 34.1 Å². The van der Waals surface area contributed by atoms with Gasteiger partial charge in [0.25, 0.3) is 0 Å². The molecule has 0 atom stereocenters. The van der Waals surface area contributed by atoms with Gasteiger partial charge in [-0.05, 0) is 146 Å². The maximum Gasteiger partial charge on any atom is 1.00 e. The molecule has 12 rings (SSSR count). The van der Waals surface area contributed by atoms with Crippen LogP contribution in [-0.4, -0.2) is 37.0 Å². The standard InChI is InChI=1S/3C26H24P2.2CN.2Cu/c3*1-5-13-23(14-6-1)27(24-15-7-2-8-16-24)21-22-28(25-17-9-3-10-18-25)26-19-11-4-12-20-26;2*1-2;;/h3*1-20H,21-22H2;;;;/q;;;2*-1;2*+1/p+6. The van der Waals surface area contributed by atoms with Crippen LogP contribution in [0.2, 0.25) is 0 Å². The number of hydrogen-bond donors (Lipinski definition) is 0. The van der Waals surface area contributed by atoms with E-state index in [2.05, 4.69) is 364 Å². The smallest absolute Gasteiger partial charge is 0.512 e. The summed E-state index contributed by atoms with van der Waals surface area (Å²) in [7, 11) is -4.70. The molecule has 0 aliphatic rings. The van der Waals surface area contributed by atoms with Crippen molar-refractivity contribution in [2.45, 2.75) is 0 Å². The molecule has 0 saturated heterocycles. The Morgan fingerprint density at radius 2 is 0.211 bits per heavy atom. The van der Waals surface area contributed by atoms with Gasteiger partial charge in [0.1, 0.15) is 37.0 Å². The molecule has 90 heavy (non-hydrogen) atoms. The molecule has 2 nitrogen and oxygen atoms in total. The average molecular weight is 1380 g/mol. The van der Waals surface area contributed by atoms with Crippen molar-refractivity contribution in [3.8, 4) is 0 Å². The van der Waals surface area contributed by atoms with Gasteiger partial charge in [-0.15, -0.1) is 0 Å². The van der Waals surface area contributed by atoms with Gasteiger partial charge in [-0.1, -0.05) is 218 Å². The van der Waals surface area contributed by atoms with Crippen LogP contribution >= 0.6 is 47.5 Å². The van der Waals surface area contributed by atoms with Gasteiger partial charge in [0, 0.05) is 0 Å². The topological polar surface area (TPSA) is 47.6 Å². The van der Waals surface area contributed by atoms with Gasteiger partial charge in [-0.25, -0.2) is 0 Å². The van der Waals surface area contributed by atoms with Crippen LogP contribution in [0, 0.1) is 23.7 Å². The normalized spacial score (nSPS) is 10.4. The summed E-state index contributed by atoms with van der Waals surface area (Å²) in [5.41, 5.74) is 0. The third-order valence-electron chi connectivity index (χ3n) is 15.3. The Kier molecular flexibility index (Phi) is 34.0. The molecule has 12 aromatic carbocycles. The maximum absolute atomic E-state index is 6.25. The Morgan fingerprint density at radius 1 is 0.144 bits per heavy atom. The summed E-state index contributed by atoms with van der Waals surface area (Å²) in [6, 6.07) is 134. The van der Waals surface area contributed by atoms with Crippen LogP contribution in [0.4, 0.5) is 0 Å². The fourth-order valence-corrected chi connectivity index (χ4v) is 29.8. The van der Waals surface area contributed by atoms with E-state index in [0.29, 0.717) is 0 Å². The molecular formula is C80H78Cu2N2P6+6. The van der Waals surface area contributed by atoms with E-state index in [4.69, 9.17) is 23.7 Å². The molecule has 12 aromatic rings. The molecule has 10 heteroatoms. The van der Waals surface area contributed by atoms with Gasteiger partial charge in [-0.3, -0.25) is 0 Å².